The molecular formula is C14H19ClN2O. The molecule has 1 atom stereocenters. The van der Waals surface area contributed by atoms with Crippen LogP contribution in [-0.2, 0) is 0 Å². The van der Waals surface area contributed by atoms with E-state index in [9.17, 15) is 0 Å². The number of methoxy groups -OCH3 is 1. The summed E-state index contributed by atoms with van der Waals surface area (Å²) in [5.41, 5.74) is 8.70. The zero-order valence-electron chi connectivity index (χ0n) is 10.5. The fraction of sp³-hybridized carbons (Fsp3) is 0.429. The minimum absolute atomic E-state index is 0. The Morgan fingerprint density at radius 3 is 2.78 bits per heavy atom. The van der Waals surface area contributed by atoms with Crippen molar-refractivity contribution in [2.75, 3.05) is 7.11 Å². The number of ether oxygens (including phenoxy) is 1. The number of aromatic amines is 1. The topological polar surface area (TPSA) is 51.0 Å². The Kier molecular flexibility index (Phi) is 3.83. The van der Waals surface area contributed by atoms with Crippen molar-refractivity contribution >= 4 is 23.3 Å². The average Bonchev–Trinajstić information content (AvgIpc) is 2.68. The van der Waals surface area contributed by atoms with Gasteiger partial charge in [0.1, 0.15) is 5.75 Å². The summed E-state index contributed by atoms with van der Waals surface area (Å²) in [6, 6.07) is 6.24. The van der Waals surface area contributed by atoms with Crippen LogP contribution in [0.4, 0.5) is 0 Å². The second-order valence-corrected chi connectivity index (χ2v) is 4.87. The number of rotatable bonds is 3. The molecule has 2 aromatic rings. The Bertz CT molecular complexity index is 534. The first-order valence-electron chi connectivity index (χ1n) is 6.20. The first kappa shape index (κ1) is 13.2. The number of fused-ring (bicyclic) bond motifs is 1. The molecule has 0 spiro atoms. The van der Waals surface area contributed by atoms with Gasteiger partial charge < -0.3 is 15.5 Å². The van der Waals surface area contributed by atoms with Crippen LogP contribution in [0.1, 0.15) is 30.9 Å². The highest BCUT2D eigenvalue weighted by molar-refractivity contribution is 5.85. The van der Waals surface area contributed by atoms with Gasteiger partial charge in [0.05, 0.1) is 7.11 Å². The fourth-order valence-corrected chi connectivity index (χ4v) is 2.58. The van der Waals surface area contributed by atoms with Gasteiger partial charge in [-0.1, -0.05) is 6.42 Å². The van der Waals surface area contributed by atoms with Gasteiger partial charge >= 0.3 is 0 Å². The highest BCUT2D eigenvalue weighted by atomic mass is 35.5. The zero-order chi connectivity index (χ0) is 11.8. The molecule has 0 radical (unpaired) electrons. The van der Waals surface area contributed by atoms with E-state index in [4.69, 9.17) is 10.5 Å². The van der Waals surface area contributed by atoms with Gasteiger partial charge in [0.25, 0.3) is 0 Å². The summed E-state index contributed by atoms with van der Waals surface area (Å²) in [7, 11) is 1.69. The van der Waals surface area contributed by atoms with Gasteiger partial charge in [-0.15, -0.1) is 12.4 Å². The Morgan fingerprint density at radius 2 is 2.17 bits per heavy atom. The third kappa shape index (κ3) is 2.08. The van der Waals surface area contributed by atoms with E-state index in [2.05, 4.69) is 11.1 Å². The molecule has 18 heavy (non-hydrogen) atoms. The zero-order valence-corrected chi connectivity index (χ0v) is 11.3. The summed E-state index contributed by atoms with van der Waals surface area (Å²) in [4.78, 5) is 3.29. The monoisotopic (exact) mass is 266 g/mol. The molecule has 1 saturated carbocycles. The van der Waals surface area contributed by atoms with Crippen molar-refractivity contribution in [1.82, 2.24) is 4.98 Å². The SMILES string of the molecule is COc1ccc2[nH]cc([C@H](N)C3CCC3)c2c1.Cl. The van der Waals surface area contributed by atoms with Gasteiger partial charge in [-0.3, -0.25) is 0 Å². The molecular weight excluding hydrogens is 248 g/mol. The van der Waals surface area contributed by atoms with Gasteiger partial charge in [-0.05, 0) is 42.5 Å². The number of halogens is 1. The minimum Gasteiger partial charge on any atom is -0.497 e. The molecule has 1 heterocycles. The normalized spacial score (nSPS) is 17.0. The third-order valence-electron chi connectivity index (χ3n) is 3.94. The molecule has 1 aliphatic carbocycles. The average molecular weight is 267 g/mol. The highest BCUT2D eigenvalue weighted by Crippen LogP contribution is 2.38. The Labute approximate surface area is 113 Å². The molecule has 3 rings (SSSR count). The summed E-state index contributed by atoms with van der Waals surface area (Å²) < 4.78 is 5.27. The van der Waals surface area contributed by atoms with Crippen molar-refractivity contribution < 1.29 is 4.74 Å². The van der Waals surface area contributed by atoms with Crippen LogP contribution in [0.3, 0.4) is 0 Å². The van der Waals surface area contributed by atoms with Gasteiger partial charge in [0.15, 0.2) is 0 Å². The number of nitrogens with two attached hydrogens (primary N) is 1. The second kappa shape index (κ2) is 5.21. The van der Waals surface area contributed by atoms with Crippen molar-refractivity contribution in [2.24, 2.45) is 11.7 Å². The van der Waals surface area contributed by atoms with Crippen molar-refractivity contribution in [3.63, 3.8) is 0 Å². The van der Waals surface area contributed by atoms with E-state index in [0.717, 1.165) is 11.3 Å². The summed E-state index contributed by atoms with van der Waals surface area (Å²) in [5, 5.41) is 1.20. The molecule has 0 aliphatic heterocycles. The maximum absolute atomic E-state index is 6.34. The molecule has 0 bridgehead atoms. The van der Waals surface area contributed by atoms with Crippen LogP contribution in [-0.4, -0.2) is 12.1 Å². The molecule has 1 aliphatic rings. The third-order valence-corrected chi connectivity index (χ3v) is 3.94. The van der Waals surface area contributed by atoms with Gasteiger partial charge in [0, 0.05) is 23.1 Å². The van der Waals surface area contributed by atoms with Crippen molar-refractivity contribution in [1.29, 1.82) is 0 Å². The maximum Gasteiger partial charge on any atom is 0.119 e. The van der Waals surface area contributed by atoms with Gasteiger partial charge in [-0.25, -0.2) is 0 Å². The molecule has 0 unspecified atom stereocenters. The van der Waals surface area contributed by atoms with Gasteiger partial charge in [-0.2, -0.15) is 0 Å². The second-order valence-electron chi connectivity index (χ2n) is 4.87. The van der Waals surface area contributed by atoms with Crippen LogP contribution in [0.25, 0.3) is 10.9 Å². The van der Waals surface area contributed by atoms with Crippen LogP contribution in [0.2, 0.25) is 0 Å². The number of hydrogen-bond acceptors (Lipinski definition) is 2. The molecule has 1 aromatic carbocycles. The van der Waals surface area contributed by atoms with Crippen molar-refractivity contribution in [2.45, 2.75) is 25.3 Å². The molecule has 98 valence electrons. The first-order valence-corrected chi connectivity index (χ1v) is 6.20. The number of H-pyrrole nitrogens is 1. The maximum atomic E-state index is 6.34. The summed E-state index contributed by atoms with van der Waals surface area (Å²) in [5.74, 6) is 1.54. The molecule has 4 heteroatoms. The minimum atomic E-state index is 0. The predicted octanol–water partition coefficient (Wildman–Crippen LogP) is 3.40. The number of benzene rings is 1. The van der Waals surface area contributed by atoms with E-state index >= 15 is 0 Å². The summed E-state index contributed by atoms with van der Waals surface area (Å²) >= 11 is 0. The van der Waals surface area contributed by atoms with E-state index in [1.807, 2.05) is 18.3 Å². The van der Waals surface area contributed by atoms with E-state index in [0.29, 0.717) is 5.92 Å². The predicted molar refractivity (Wildman–Crippen MR) is 76.4 cm³/mol. The van der Waals surface area contributed by atoms with Crippen LogP contribution >= 0.6 is 12.4 Å². The molecule has 0 amide bonds. The van der Waals surface area contributed by atoms with Crippen molar-refractivity contribution in [3.8, 4) is 5.75 Å². The molecule has 0 saturated heterocycles. The molecule has 1 aromatic heterocycles. The van der Waals surface area contributed by atoms with E-state index < -0.39 is 0 Å². The lowest BCUT2D eigenvalue weighted by molar-refractivity contribution is 0.265. The van der Waals surface area contributed by atoms with Crippen LogP contribution in [0.5, 0.6) is 5.75 Å². The number of hydrogen-bond donors (Lipinski definition) is 2. The molecule has 1 fully saturated rings. The Morgan fingerprint density at radius 1 is 1.39 bits per heavy atom. The smallest absolute Gasteiger partial charge is 0.119 e. The summed E-state index contributed by atoms with van der Waals surface area (Å²) in [6.45, 7) is 0. The van der Waals surface area contributed by atoms with E-state index in [1.54, 1.807) is 7.11 Å². The lowest BCUT2D eigenvalue weighted by atomic mass is 9.77. The Balaban J connectivity index is 0.00000120. The van der Waals surface area contributed by atoms with Crippen molar-refractivity contribution in [3.05, 3.63) is 30.0 Å². The Hall–Kier alpha value is -1.19. The summed E-state index contributed by atoms with van der Waals surface area (Å²) in [6.07, 6.45) is 5.90. The largest absolute Gasteiger partial charge is 0.497 e. The van der Waals surface area contributed by atoms with E-state index in [-0.39, 0.29) is 18.4 Å². The van der Waals surface area contributed by atoms with Crippen LogP contribution in [0, 0.1) is 5.92 Å². The standard InChI is InChI=1S/C14H18N2O.ClH/c1-17-10-5-6-13-11(7-10)12(8-16-13)14(15)9-3-2-4-9;/h5-9,14,16H,2-4,15H2,1H3;1H/t14-;/m1./s1. The van der Waals surface area contributed by atoms with Gasteiger partial charge in [0.2, 0.25) is 0 Å². The van der Waals surface area contributed by atoms with Crippen LogP contribution in [0.15, 0.2) is 24.4 Å². The van der Waals surface area contributed by atoms with E-state index in [1.165, 1.54) is 30.2 Å². The number of nitrogens with one attached hydrogen (secondary N) is 1. The first-order chi connectivity index (χ1) is 8.29. The number of aromatic nitrogens is 1. The van der Waals surface area contributed by atoms with Crippen LogP contribution < -0.4 is 10.5 Å². The lowest BCUT2D eigenvalue weighted by Gasteiger charge is -2.31. The quantitative estimate of drug-likeness (QED) is 0.895. The molecule has 3 N–H and O–H groups in total. The highest BCUT2D eigenvalue weighted by Gasteiger charge is 2.27. The fourth-order valence-electron chi connectivity index (χ4n) is 2.58. The molecule has 3 nitrogen and oxygen atoms in total. The lowest BCUT2D eigenvalue weighted by Crippen LogP contribution is -2.26.